The lowest BCUT2D eigenvalue weighted by molar-refractivity contribution is 0.0730. The van der Waals surface area contributed by atoms with Gasteiger partial charge < -0.3 is 24.8 Å². The number of hydrogen-bond donors (Lipinski definition) is 2. The monoisotopic (exact) mass is 461 g/mol. The molecule has 1 atom stereocenters. The SMILES string of the molecule is CCOc1ccccc1C(O)Nc1cc(S(=O)(=O)N2CCOCC2)ccc1N1CCCC1. The maximum Gasteiger partial charge on any atom is 0.243 e. The van der Waals surface area contributed by atoms with Crippen LogP contribution in [0.3, 0.4) is 0 Å². The predicted octanol–water partition coefficient (Wildman–Crippen LogP) is 2.81. The van der Waals surface area contributed by atoms with Crippen LogP contribution in [0.5, 0.6) is 5.75 Å². The molecular formula is C23H31N3O5S. The molecule has 8 nitrogen and oxygen atoms in total. The average molecular weight is 462 g/mol. The summed E-state index contributed by atoms with van der Waals surface area (Å²) < 4.78 is 38.8. The molecule has 2 saturated heterocycles. The smallest absolute Gasteiger partial charge is 0.243 e. The minimum absolute atomic E-state index is 0.204. The summed E-state index contributed by atoms with van der Waals surface area (Å²) >= 11 is 0. The average Bonchev–Trinajstić information content (AvgIpc) is 3.35. The molecule has 1 unspecified atom stereocenters. The van der Waals surface area contributed by atoms with E-state index in [0.29, 0.717) is 49.9 Å². The zero-order valence-corrected chi connectivity index (χ0v) is 19.2. The normalized spacial score (nSPS) is 18.5. The van der Waals surface area contributed by atoms with E-state index >= 15 is 0 Å². The van der Waals surface area contributed by atoms with Crippen LogP contribution >= 0.6 is 0 Å². The molecule has 2 N–H and O–H groups in total. The standard InChI is InChI=1S/C23H31N3O5S/c1-2-31-22-8-4-3-7-19(22)23(27)24-20-17-18(9-10-21(20)25-11-5-6-12-25)32(28,29)26-13-15-30-16-14-26/h3-4,7-10,17,23-24,27H,2,5-6,11-16H2,1H3. The molecule has 2 aromatic rings. The van der Waals surface area contributed by atoms with Gasteiger partial charge in [-0.1, -0.05) is 18.2 Å². The third kappa shape index (κ3) is 4.85. The maximum absolute atomic E-state index is 13.2. The molecule has 0 spiro atoms. The quantitative estimate of drug-likeness (QED) is 0.584. The summed E-state index contributed by atoms with van der Waals surface area (Å²) in [5.74, 6) is 0.592. The van der Waals surface area contributed by atoms with E-state index in [0.717, 1.165) is 31.6 Å². The van der Waals surface area contributed by atoms with Crippen LogP contribution in [-0.2, 0) is 14.8 Å². The number of hydrogen-bond acceptors (Lipinski definition) is 7. The number of ether oxygens (including phenoxy) is 2. The number of aliphatic hydroxyl groups excluding tert-OH is 1. The summed E-state index contributed by atoms with van der Waals surface area (Å²) in [6.45, 7) is 5.63. The Balaban J connectivity index is 1.68. The van der Waals surface area contributed by atoms with E-state index in [9.17, 15) is 13.5 Å². The summed E-state index contributed by atoms with van der Waals surface area (Å²) in [6.07, 6.45) is 1.12. The molecular weight excluding hydrogens is 430 g/mol. The highest BCUT2D eigenvalue weighted by Crippen LogP contribution is 2.35. The van der Waals surface area contributed by atoms with Gasteiger partial charge in [0.2, 0.25) is 10.0 Å². The Morgan fingerprint density at radius 2 is 1.81 bits per heavy atom. The Bertz CT molecular complexity index is 1020. The molecule has 0 saturated carbocycles. The van der Waals surface area contributed by atoms with Gasteiger partial charge in [0, 0.05) is 31.7 Å². The van der Waals surface area contributed by atoms with Crippen molar-refractivity contribution in [2.24, 2.45) is 0 Å². The van der Waals surface area contributed by atoms with Crippen molar-refractivity contribution in [3.05, 3.63) is 48.0 Å². The summed E-state index contributed by atoms with van der Waals surface area (Å²) in [6, 6.07) is 12.4. The van der Waals surface area contributed by atoms with Gasteiger partial charge >= 0.3 is 0 Å². The van der Waals surface area contributed by atoms with Crippen molar-refractivity contribution >= 4 is 21.4 Å². The van der Waals surface area contributed by atoms with Crippen molar-refractivity contribution in [1.82, 2.24) is 4.31 Å². The molecule has 0 bridgehead atoms. The van der Waals surface area contributed by atoms with Crippen molar-refractivity contribution in [3.63, 3.8) is 0 Å². The van der Waals surface area contributed by atoms with Gasteiger partial charge in [-0.05, 0) is 44.0 Å². The van der Waals surface area contributed by atoms with Crippen LogP contribution < -0.4 is 15.0 Å². The maximum atomic E-state index is 13.2. The van der Waals surface area contributed by atoms with Gasteiger partial charge in [0.1, 0.15) is 5.75 Å². The largest absolute Gasteiger partial charge is 0.493 e. The first-order valence-electron chi connectivity index (χ1n) is 11.1. The van der Waals surface area contributed by atoms with Crippen molar-refractivity contribution < 1.29 is 23.0 Å². The fourth-order valence-corrected chi connectivity index (χ4v) is 5.61. The van der Waals surface area contributed by atoms with E-state index in [1.165, 1.54) is 4.31 Å². The van der Waals surface area contributed by atoms with Gasteiger partial charge in [0.05, 0.1) is 36.1 Å². The van der Waals surface area contributed by atoms with Crippen LogP contribution in [0.15, 0.2) is 47.4 Å². The molecule has 2 heterocycles. The van der Waals surface area contributed by atoms with Crippen molar-refractivity contribution in [3.8, 4) is 5.75 Å². The number of aliphatic hydroxyl groups is 1. The molecule has 0 amide bonds. The zero-order valence-electron chi connectivity index (χ0n) is 18.4. The first-order chi connectivity index (χ1) is 15.5. The molecule has 2 fully saturated rings. The Morgan fingerprint density at radius 3 is 2.53 bits per heavy atom. The van der Waals surface area contributed by atoms with Gasteiger partial charge in [-0.15, -0.1) is 0 Å². The first kappa shape index (κ1) is 22.8. The number of morpholine rings is 1. The molecule has 4 rings (SSSR count). The lowest BCUT2D eigenvalue weighted by Crippen LogP contribution is -2.40. The minimum Gasteiger partial charge on any atom is -0.493 e. The van der Waals surface area contributed by atoms with Gasteiger partial charge in [-0.2, -0.15) is 4.31 Å². The number of para-hydroxylation sites is 1. The molecule has 0 radical (unpaired) electrons. The van der Waals surface area contributed by atoms with E-state index in [1.807, 2.05) is 31.2 Å². The number of anilines is 2. The van der Waals surface area contributed by atoms with E-state index < -0.39 is 16.3 Å². The molecule has 0 aliphatic carbocycles. The number of rotatable bonds is 8. The Labute approximate surface area is 189 Å². The fraction of sp³-hybridized carbons (Fsp3) is 0.478. The second-order valence-electron chi connectivity index (χ2n) is 7.91. The van der Waals surface area contributed by atoms with Crippen LogP contribution in [0.25, 0.3) is 0 Å². The predicted molar refractivity (Wildman–Crippen MR) is 124 cm³/mol. The minimum atomic E-state index is -3.65. The van der Waals surface area contributed by atoms with Crippen LogP contribution in [0.2, 0.25) is 0 Å². The number of nitrogens with zero attached hydrogens (tertiary/aromatic N) is 2. The topological polar surface area (TPSA) is 91.3 Å². The van der Waals surface area contributed by atoms with Crippen molar-refractivity contribution in [2.75, 3.05) is 56.2 Å². The van der Waals surface area contributed by atoms with Gasteiger partial charge in [-0.3, -0.25) is 0 Å². The summed E-state index contributed by atoms with van der Waals surface area (Å²) in [4.78, 5) is 2.42. The zero-order chi connectivity index (χ0) is 22.6. The Morgan fingerprint density at radius 1 is 1.09 bits per heavy atom. The summed E-state index contributed by atoms with van der Waals surface area (Å²) in [5.41, 5.74) is 2.07. The molecule has 174 valence electrons. The molecule has 9 heteroatoms. The Hall–Kier alpha value is -2.33. The molecule has 0 aromatic heterocycles. The fourth-order valence-electron chi connectivity index (χ4n) is 4.18. The molecule has 32 heavy (non-hydrogen) atoms. The third-order valence-corrected chi connectivity index (χ3v) is 7.72. The van der Waals surface area contributed by atoms with E-state index in [4.69, 9.17) is 9.47 Å². The second-order valence-corrected chi connectivity index (χ2v) is 9.85. The van der Waals surface area contributed by atoms with Gasteiger partial charge in [0.25, 0.3) is 0 Å². The molecule has 2 aliphatic rings. The highest BCUT2D eigenvalue weighted by Gasteiger charge is 2.28. The second kappa shape index (κ2) is 10.1. The number of sulfonamides is 1. The highest BCUT2D eigenvalue weighted by atomic mass is 32.2. The lowest BCUT2D eigenvalue weighted by atomic mass is 10.1. The van der Waals surface area contributed by atoms with E-state index in [-0.39, 0.29) is 4.90 Å². The van der Waals surface area contributed by atoms with E-state index in [2.05, 4.69) is 10.2 Å². The van der Waals surface area contributed by atoms with Crippen LogP contribution in [0.1, 0.15) is 31.6 Å². The van der Waals surface area contributed by atoms with Crippen LogP contribution in [-0.4, -0.2) is 63.8 Å². The summed E-state index contributed by atoms with van der Waals surface area (Å²) in [5, 5.41) is 14.1. The van der Waals surface area contributed by atoms with E-state index in [1.54, 1.807) is 18.2 Å². The molecule has 2 aromatic carbocycles. The summed E-state index contributed by atoms with van der Waals surface area (Å²) in [7, 11) is -3.65. The first-order valence-corrected chi connectivity index (χ1v) is 12.6. The Kier molecular flexibility index (Phi) is 7.20. The highest BCUT2D eigenvalue weighted by molar-refractivity contribution is 7.89. The van der Waals surface area contributed by atoms with Crippen molar-refractivity contribution in [2.45, 2.75) is 30.9 Å². The number of benzene rings is 2. The van der Waals surface area contributed by atoms with Crippen LogP contribution in [0, 0.1) is 0 Å². The van der Waals surface area contributed by atoms with Gasteiger partial charge in [-0.25, -0.2) is 8.42 Å². The van der Waals surface area contributed by atoms with Crippen molar-refractivity contribution in [1.29, 1.82) is 0 Å². The number of nitrogens with one attached hydrogen (secondary N) is 1. The lowest BCUT2D eigenvalue weighted by Gasteiger charge is -2.28. The molecule has 2 aliphatic heterocycles. The van der Waals surface area contributed by atoms with Gasteiger partial charge in [0.15, 0.2) is 6.23 Å². The van der Waals surface area contributed by atoms with Crippen LogP contribution in [0.4, 0.5) is 11.4 Å². The third-order valence-electron chi connectivity index (χ3n) is 5.83.